The molecular formula is C17H20N2O5. The maximum Gasteiger partial charge on any atom is 0.306 e. The van der Waals surface area contributed by atoms with Crippen molar-refractivity contribution in [3.63, 3.8) is 0 Å². The average Bonchev–Trinajstić information content (AvgIpc) is 2.98. The molecule has 0 bridgehead atoms. The predicted molar refractivity (Wildman–Crippen MR) is 86.7 cm³/mol. The number of carbonyl (C=O) groups excluding carboxylic acids is 2. The van der Waals surface area contributed by atoms with Crippen molar-refractivity contribution in [3.8, 4) is 5.75 Å². The number of hydrogen-bond acceptors (Lipinski definition) is 6. The van der Waals surface area contributed by atoms with Crippen molar-refractivity contribution in [1.82, 2.24) is 5.16 Å². The first-order valence-electron chi connectivity index (χ1n) is 7.54. The van der Waals surface area contributed by atoms with Crippen molar-refractivity contribution in [2.45, 2.75) is 32.8 Å². The number of aromatic nitrogens is 1. The molecule has 1 atom stereocenters. The molecule has 0 saturated carbocycles. The van der Waals surface area contributed by atoms with E-state index in [1.54, 1.807) is 20.1 Å². The smallest absolute Gasteiger partial charge is 0.306 e. The topological polar surface area (TPSA) is 90.7 Å². The van der Waals surface area contributed by atoms with Gasteiger partial charge in [-0.3, -0.25) is 14.9 Å². The number of nitrogens with one attached hydrogen (secondary N) is 1. The van der Waals surface area contributed by atoms with Crippen LogP contribution >= 0.6 is 0 Å². The lowest BCUT2D eigenvalue weighted by Crippen LogP contribution is -2.29. The number of aryl methyl sites for hydroxylation is 2. The highest BCUT2D eigenvalue weighted by molar-refractivity contribution is 5.94. The van der Waals surface area contributed by atoms with E-state index in [0.717, 1.165) is 11.3 Å². The molecule has 2 rings (SSSR count). The molecule has 1 unspecified atom stereocenters. The van der Waals surface area contributed by atoms with Gasteiger partial charge in [-0.1, -0.05) is 17.3 Å². The molecule has 128 valence electrons. The van der Waals surface area contributed by atoms with Gasteiger partial charge in [0.05, 0.1) is 12.8 Å². The van der Waals surface area contributed by atoms with Crippen LogP contribution in [0.1, 0.15) is 24.6 Å². The van der Waals surface area contributed by atoms with E-state index in [2.05, 4.69) is 10.5 Å². The molecule has 0 fully saturated rings. The molecule has 7 nitrogen and oxygen atoms in total. The summed E-state index contributed by atoms with van der Waals surface area (Å²) in [5.41, 5.74) is 1.64. The Hall–Kier alpha value is -2.83. The van der Waals surface area contributed by atoms with Gasteiger partial charge < -0.3 is 14.0 Å². The van der Waals surface area contributed by atoms with E-state index in [4.69, 9.17) is 14.0 Å². The molecule has 24 heavy (non-hydrogen) atoms. The van der Waals surface area contributed by atoms with E-state index >= 15 is 0 Å². The minimum atomic E-state index is -0.918. The Labute approximate surface area is 139 Å². The Morgan fingerprint density at radius 2 is 2.00 bits per heavy atom. The molecule has 0 aliphatic rings. The van der Waals surface area contributed by atoms with Crippen LogP contribution in [-0.2, 0) is 20.7 Å². The Morgan fingerprint density at radius 3 is 2.58 bits per heavy atom. The third-order valence-electron chi connectivity index (χ3n) is 3.33. The first-order chi connectivity index (χ1) is 11.5. The van der Waals surface area contributed by atoms with Crippen molar-refractivity contribution in [3.05, 3.63) is 41.6 Å². The number of anilines is 1. The van der Waals surface area contributed by atoms with Crippen molar-refractivity contribution in [2.24, 2.45) is 0 Å². The molecule has 0 saturated heterocycles. The second-order valence-electron chi connectivity index (χ2n) is 5.30. The van der Waals surface area contributed by atoms with Gasteiger partial charge >= 0.3 is 5.97 Å². The molecule has 0 aliphatic carbocycles. The highest BCUT2D eigenvalue weighted by atomic mass is 16.5. The molecule has 0 spiro atoms. The molecule has 1 N–H and O–H groups in total. The number of methoxy groups -OCH3 is 1. The number of benzene rings is 1. The summed E-state index contributed by atoms with van der Waals surface area (Å²) >= 11 is 0. The van der Waals surface area contributed by atoms with E-state index in [9.17, 15) is 9.59 Å². The van der Waals surface area contributed by atoms with Crippen LogP contribution in [0.5, 0.6) is 5.75 Å². The van der Waals surface area contributed by atoms with Crippen molar-refractivity contribution in [1.29, 1.82) is 0 Å². The second-order valence-corrected chi connectivity index (χ2v) is 5.30. The molecule has 1 aromatic heterocycles. The summed E-state index contributed by atoms with van der Waals surface area (Å²) in [5.74, 6) is 0.0686. The number of ether oxygens (including phenoxy) is 2. The number of carbonyl (C=O) groups is 2. The summed E-state index contributed by atoms with van der Waals surface area (Å²) in [5, 5.41) is 6.15. The molecule has 1 amide bonds. The highest BCUT2D eigenvalue weighted by Crippen LogP contribution is 2.13. The highest BCUT2D eigenvalue weighted by Gasteiger charge is 2.19. The molecule has 0 aliphatic heterocycles. The average molecular weight is 332 g/mol. The van der Waals surface area contributed by atoms with E-state index in [0.29, 0.717) is 12.1 Å². The van der Waals surface area contributed by atoms with Gasteiger partial charge in [0, 0.05) is 12.5 Å². The third kappa shape index (κ3) is 5.12. The van der Waals surface area contributed by atoms with Gasteiger partial charge in [0.2, 0.25) is 5.88 Å². The minimum absolute atomic E-state index is 0.186. The van der Waals surface area contributed by atoms with E-state index in [1.807, 2.05) is 24.3 Å². The summed E-state index contributed by atoms with van der Waals surface area (Å²) in [7, 11) is 1.60. The summed E-state index contributed by atoms with van der Waals surface area (Å²) in [4.78, 5) is 23.8. The summed E-state index contributed by atoms with van der Waals surface area (Å²) in [6.07, 6.45) is -0.206. The SMILES string of the molecule is COc1ccc(CCC(=O)OC(C)C(=O)Nc2cc(C)no2)cc1. The zero-order valence-corrected chi connectivity index (χ0v) is 13.9. The van der Waals surface area contributed by atoms with Gasteiger partial charge in [0.15, 0.2) is 6.10 Å². The van der Waals surface area contributed by atoms with E-state index in [-0.39, 0.29) is 12.3 Å². The van der Waals surface area contributed by atoms with Crippen LogP contribution in [-0.4, -0.2) is 30.2 Å². The number of amides is 1. The van der Waals surface area contributed by atoms with Crippen LogP contribution in [0.3, 0.4) is 0 Å². The van der Waals surface area contributed by atoms with Gasteiger partial charge in [-0.05, 0) is 38.0 Å². The zero-order valence-electron chi connectivity index (χ0n) is 13.9. The Bertz CT molecular complexity index is 693. The minimum Gasteiger partial charge on any atom is -0.497 e. The van der Waals surface area contributed by atoms with Gasteiger partial charge in [-0.15, -0.1) is 0 Å². The quantitative estimate of drug-likeness (QED) is 0.783. The maximum atomic E-state index is 11.9. The number of rotatable bonds is 7. The lowest BCUT2D eigenvalue weighted by Gasteiger charge is -2.12. The van der Waals surface area contributed by atoms with Crippen LogP contribution in [0.15, 0.2) is 34.9 Å². The van der Waals surface area contributed by atoms with Gasteiger partial charge in [0.1, 0.15) is 5.75 Å². The van der Waals surface area contributed by atoms with Gasteiger partial charge in [-0.25, -0.2) is 0 Å². The fraction of sp³-hybridized carbons (Fsp3) is 0.353. The normalized spacial score (nSPS) is 11.6. The predicted octanol–water partition coefficient (Wildman–Crippen LogP) is 2.49. The van der Waals surface area contributed by atoms with Crippen LogP contribution < -0.4 is 10.1 Å². The Kier molecular flexibility index (Phi) is 5.95. The molecular weight excluding hydrogens is 312 g/mol. The number of esters is 1. The van der Waals surface area contributed by atoms with Crippen molar-refractivity contribution >= 4 is 17.8 Å². The number of hydrogen-bond donors (Lipinski definition) is 1. The first kappa shape index (κ1) is 17.5. The molecule has 2 aromatic rings. The maximum absolute atomic E-state index is 11.9. The lowest BCUT2D eigenvalue weighted by molar-refractivity contribution is -0.153. The van der Waals surface area contributed by atoms with Crippen LogP contribution in [0.2, 0.25) is 0 Å². The monoisotopic (exact) mass is 332 g/mol. The zero-order chi connectivity index (χ0) is 17.5. The van der Waals surface area contributed by atoms with E-state index < -0.39 is 18.0 Å². The Morgan fingerprint density at radius 1 is 1.29 bits per heavy atom. The largest absolute Gasteiger partial charge is 0.497 e. The lowest BCUT2D eigenvalue weighted by atomic mass is 10.1. The first-order valence-corrected chi connectivity index (χ1v) is 7.54. The second kappa shape index (κ2) is 8.14. The molecule has 7 heteroatoms. The van der Waals surface area contributed by atoms with Crippen LogP contribution in [0.4, 0.5) is 5.88 Å². The van der Waals surface area contributed by atoms with Crippen LogP contribution in [0, 0.1) is 6.92 Å². The fourth-order valence-corrected chi connectivity index (χ4v) is 1.99. The van der Waals surface area contributed by atoms with Crippen molar-refractivity contribution in [2.75, 3.05) is 12.4 Å². The molecule has 1 heterocycles. The summed E-state index contributed by atoms with van der Waals surface area (Å²) in [6, 6.07) is 9.01. The van der Waals surface area contributed by atoms with Gasteiger partial charge in [0.25, 0.3) is 5.91 Å². The summed E-state index contributed by atoms with van der Waals surface area (Å²) < 4.78 is 15.1. The van der Waals surface area contributed by atoms with Crippen LogP contribution in [0.25, 0.3) is 0 Å². The molecule has 0 radical (unpaired) electrons. The van der Waals surface area contributed by atoms with E-state index in [1.165, 1.54) is 6.92 Å². The molecule has 1 aromatic carbocycles. The fourth-order valence-electron chi connectivity index (χ4n) is 1.99. The van der Waals surface area contributed by atoms with Gasteiger partial charge in [-0.2, -0.15) is 0 Å². The summed E-state index contributed by atoms with van der Waals surface area (Å²) in [6.45, 7) is 3.24. The Balaban J connectivity index is 1.77. The third-order valence-corrected chi connectivity index (χ3v) is 3.33. The van der Waals surface area contributed by atoms with Crippen molar-refractivity contribution < 1.29 is 23.6 Å². The standard InChI is InChI=1S/C17H20N2O5/c1-11-10-15(24-19-11)18-17(21)12(2)23-16(20)9-6-13-4-7-14(22-3)8-5-13/h4-5,7-8,10,12H,6,9H2,1-3H3,(H,18,21). The number of nitrogens with zero attached hydrogens (tertiary/aromatic N) is 1.